The van der Waals surface area contributed by atoms with Crippen LogP contribution >= 0.6 is 0 Å². The van der Waals surface area contributed by atoms with E-state index in [4.69, 9.17) is 4.42 Å². The quantitative estimate of drug-likeness (QED) is 0.866. The van der Waals surface area contributed by atoms with Crippen molar-refractivity contribution in [1.29, 1.82) is 0 Å². The molecule has 1 aromatic heterocycles. The van der Waals surface area contributed by atoms with Gasteiger partial charge in [-0.15, -0.1) is 0 Å². The lowest BCUT2D eigenvalue weighted by atomic mass is 10.1. The van der Waals surface area contributed by atoms with Gasteiger partial charge in [0.2, 0.25) is 0 Å². The first-order valence-corrected chi connectivity index (χ1v) is 6.42. The zero-order valence-corrected chi connectivity index (χ0v) is 11.3. The van der Waals surface area contributed by atoms with Crippen molar-refractivity contribution in [3.8, 4) is 0 Å². The molecule has 0 unspecified atom stereocenters. The monoisotopic (exact) mass is 262 g/mol. The molecule has 0 amide bonds. The average Bonchev–Trinajstić information content (AvgIpc) is 2.89. The molecule has 0 aliphatic carbocycles. The van der Waals surface area contributed by atoms with Gasteiger partial charge in [0, 0.05) is 31.4 Å². The second-order valence-electron chi connectivity index (χ2n) is 4.54. The highest BCUT2D eigenvalue weighted by Crippen LogP contribution is 2.22. The number of halogens is 1. The Morgan fingerprint density at radius 2 is 2.16 bits per heavy atom. The summed E-state index contributed by atoms with van der Waals surface area (Å²) in [6, 6.07) is 6.84. The zero-order chi connectivity index (χ0) is 13.7. The van der Waals surface area contributed by atoms with E-state index in [1.54, 1.807) is 18.6 Å². The molecule has 1 heterocycles. The van der Waals surface area contributed by atoms with Crippen LogP contribution in [-0.4, -0.2) is 13.6 Å². The van der Waals surface area contributed by atoms with Crippen LogP contribution in [0.25, 0.3) is 0 Å². The van der Waals surface area contributed by atoms with Crippen molar-refractivity contribution in [1.82, 2.24) is 5.32 Å². The SMILES string of the molecule is CCNCc1cc(F)ccc1N(C)Cc1ccoc1. The fourth-order valence-electron chi connectivity index (χ4n) is 2.07. The van der Waals surface area contributed by atoms with Gasteiger partial charge in [0.1, 0.15) is 5.82 Å². The molecule has 102 valence electrons. The number of furan rings is 1. The number of rotatable bonds is 6. The van der Waals surface area contributed by atoms with E-state index in [1.165, 1.54) is 6.07 Å². The van der Waals surface area contributed by atoms with Crippen molar-refractivity contribution in [2.75, 3.05) is 18.5 Å². The fourth-order valence-corrected chi connectivity index (χ4v) is 2.07. The van der Waals surface area contributed by atoms with E-state index in [2.05, 4.69) is 10.2 Å². The van der Waals surface area contributed by atoms with Gasteiger partial charge in [-0.25, -0.2) is 4.39 Å². The molecular weight excluding hydrogens is 243 g/mol. The second-order valence-corrected chi connectivity index (χ2v) is 4.54. The Hall–Kier alpha value is -1.81. The third kappa shape index (κ3) is 3.58. The molecule has 1 aromatic carbocycles. The highest BCUT2D eigenvalue weighted by atomic mass is 19.1. The van der Waals surface area contributed by atoms with Gasteiger partial charge in [-0.05, 0) is 36.4 Å². The van der Waals surface area contributed by atoms with Crippen LogP contribution < -0.4 is 10.2 Å². The van der Waals surface area contributed by atoms with Gasteiger partial charge in [0.25, 0.3) is 0 Å². The van der Waals surface area contributed by atoms with Gasteiger partial charge in [0.15, 0.2) is 0 Å². The van der Waals surface area contributed by atoms with Crippen molar-refractivity contribution in [2.24, 2.45) is 0 Å². The van der Waals surface area contributed by atoms with Gasteiger partial charge in [-0.1, -0.05) is 6.92 Å². The van der Waals surface area contributed by atoms with Crippen LogP contribution in [0.4, 0.5) is 10.1 Å². The van der Waals surface area contributed by atoms with Crippen LogP contribution in [0, 0.1) is 5.82 Å². The van der Waals surface area contributed by atoms with Crippen LogP contribution in [0.2, 0.25) is 0 Å². The number of nitrogens with one attached hydrogen (secondary N) is 1. The van der Waals surface area contributed by atoms with Crippen LogP contribution in [0.5, 0.6) is 0 Å². The molecule has 2 rings (SSSR count). The molecule has 1 N–H and O–H groups in total. The van der Waals surface area contributed by atoms with Gasteiger partial charge in [-0.3, -0.25) is 0 Å². The summed E-state index contributed by atoms with van der Waals surface area (Å²) in [5, 5.41) is 3.23. The molecule has 0 bridgehead atoms. The topological polar surface area (TPSA) is 28.4 Å². The van der Waals surface area contributed by atoms with Gasteiger partial charge in [-0.2, -0.15) is 0 Å². The molecule has 0 saturated heterocycles. The van der Waals surface area contributed by atoms with E-state index in [1.807, 2.05) is 26.1 Å². The number of nitrogens with zero attached hydrogens (tertiary/aromatic N) is 1. The summed E-state index contributed by atoms with van der Waals surface area (Å²) in [7, 11) is 2.00. The third-order valence-corrected chi connectivity index (χ3v) is 3.02. The van der Waals surface area contributed by atoms with Crippen molar-refractivity contribution < 1.29 is 8.81 Å². The Labute approximate surface area is 113 Å². The summed E-state index contributed by atoms with van der Waals surface area (Å²) in [6.07, 6.45) is 3.39. The normalized spacial score (nSPS) is 10.7. The largest absolute Gasteiger partial charge is 0.472 e. The average molecular weight is 262 g/mol. The Morgan fingerprint density at radius 3 is 2.84 bits per heavy atom. The van der Waals surface area contributed by atoms with Crippen LogP contribution in [0.15, 0.2) is 41.2 Å². The molecule has 4 heteroatoms. The minimum Gasteiger partial charge on any atom is -0.472 e. The van der Waals surface area contributed by atoms with E-state index in [0.717, 1.165) is 29.9 Å². The highest BCUT2D eigenvalue weighted by Gasteiger charge is 2.09. The summed E-state index contributed by atoms with van der Waals surface area (Å²) in [5.74, 6) is -0.201. The predicted octanol–water partition coefficient (Wildman–Crippen LogP) is 3.16. The molecule has 0 aliphatic rings. The minimum atomic E-state index is -0.201. The van der Waals surface area contributed by atoms with Gasteiger partial charge in [0.05, 0.1) is 12.5 Å². The molecule has 2 aromatic rings. The summed E-state index contributed by atoms with van der Waals surface area (Å²) < 4.78 is 18.4. The standard InChI is InChI=1S/C15H19FN2O/c1-3-17-9-13-8-14(16)4-5-15(13)18(2)10-12-6-7-19-11-12/h4-8,11,17H,3,9-10H2,1-2H3. The smallest absolute Gasteiger partial charge is 0.123 e. The lowest BCUT2D eigenvalue weighted by Crippen LogP contribution is -2.20. The second kappa shape index (κ2) is 6.38. The molecule has 3 nitrogen and oxygen atoms in total. The van der Waals surface area contributed by atoms with E-state index < -0.39 is 0 Å². The number of benzene rings is 1. The van der Waals surface area contributed by atoms with Crippen LogP contribution in [0.1, 0.15) is 18.1 Å². The summed E-state index contributed by atoms with van der Waals surface area (Å²) in [5.41, 5.74) is 3.10. The third-order valence-electron chi connectivity index (χ3n) is 3.02. The Morgan fingerprint density at radius 1 is 1.32 bits per heavy atom. The molecular formula is C15H19FN2O. The first kappa shape index (κ1) is 13.6. The maximum absolute atomic E-state index is 13.4. The Bertz CT molecular complexity index is 511. The van der Waals surface area contributed by atoms with Crippen molar-refractivity contribution in [3.63, 3.8) is 0 Å². The number of hydrogen-bond acceptors (Lipinski definition) is 3. The fraction of sp³-hybridized carbons (Fsp3) is 0.333. The van der Waals surface area contributed by atoms with Gasteiger partial charge >= 0.3 is 0 Å². The number of hydrogen-bond donors (Lipinski definition) is 1. The Balaban J connectivity index is 2.17. The summed E-state index contributed by atoms with van der Waals surface area (Å²) >= 11 is 0. The van der Waals surface area contributed by atoms with E-state index in [0.29, 0.717) is 6.54 Å². The van der Waals surface area contributed by atoms with Crippen molar-refractivity contribution in [2.45, 2.75) is 20.0 Å². The molecule has 0 fully saturated rings. The first-order chi connectivity index (χ1) is 9.20. The van der Waals surface area contributed by atoms with Crippen molar-refractivity contribution >= 4 is 5.69 Å². The maximum Gasteiger partial charge on any atom is 0.123 e. The lowest BCUT2D eigenvalue weighted by molar-refractivity contribution is 0.563. The van der Waals surface area contributed by atoms with E-state index in [9.17, 15) is 4.39 Å². The van der Waals surface area contributed by atoms with Crippen LogP contribution in [0.3, 0.4) is 0 Å². The maximum atomic E-state index is 13.4. The lowest BCUT2D eigenvalue weighted by Gasteiger charge is -2.22. The minimum absolute atomic E-state index is 0.201. The molecule has 0 radical (unpaired) electrons. The zero-order valence-electron chi connectivity index (χ0n) is 11.3. The highest BCUT2D eigenvalue weighted by molar-refractivity contribution is 5.53. The van der Waals surface area contributed by atoms with E-state index >= 15 is 0 Å². The van der Waals surface area contributed by atoms with E-state index in [-0.39, 0.29) is 5.82 Å². The summed E-state index contributed by atoms with van der Waals surface area (Å²) in [4.78, 5) is 2.09. The Kier molecular flexibility index (Phi) is 4.58. The molecule has 0 atom stereocenters. The predicted molar refractivity (Wildman–Crippen MR) is 74.6 cm³/mol. The molecule has 0 saturated carbocycles. The van der Waals surface area contributed by atoms with Gasteiger partial charge < -0.3 is 14.6 Å². The van der Waals surface area contributed by atoms with Crippen LogP contribution in [-0.2, 0) is 13.1 Å². The van der Waals surface area contributed by atoms with Crippen molar-refractivity contribution in [3.05, 3.63) is 53.7 Å². The molecule has 0 spiro atoms. The molecule has 0 aliphatic heterocycles. The summed E-state index contributed by atoms with van der Waals surface area (Å²) in [6.45, 7) is 4.30. The molecule has 19 heavy (non-hydrogen) atoms. The number of anilines is 1. The first-order valence-electron chi connectivity index (χ1n) is 6.42.